The molecule has 3 aromatic rings. The van der Waals surface area contributed by atoms with Crippen LogP contribution in [0.25, 0.3) is 20.5 Å². The number of rotatable bonds is 3. The zero-order chi connectivity index (χ0) is 14.1. The van der Waals surface area contributed by atoms with Crippen LogP contribution < -0.4 is 4.74 Å². The van der Waals surface area contributed by atoms with Crippen molar-refractivity contribution in [2.24, 2.45) is 0 Å². The predicted molar refractivity (Wildman–Crippen MR) is 90.9 cm³/mol. The Morgan fingerprint density at radius 3 is 2.70 bits per heavy atom. The quantitative estimate of drug-likeness (QED) is 0.573. The predicted octanol–water partition coefficient (Wildman–Crippen LogP) is 5.90. The highest BCUT2D eigenvalue weighted by atomic mass is 79.9. The van der Waals surface area contributed by atoms with Crippen molar-refractivity contribution in [1.82, 2.24) is 0 Å². The van der Waals surface area contributed by atoms with Gasteiger partial charge in [-0.1, -0.05) is 28.9 Å². The zero-order valence-electron chi connectivity index (χ0n) is 11.4. The minimum absolute atomic E-state index is 0.914. The molecule has 0 bridgehead atoms. The first-order chi connectivity index (χ1) is 9.71. The lowest BCUT2D eigenvalue weighted by Crippen LogP contribution is -1.85. The van der Waals surface area contributed by atoms with E-state index in [9.17, 15) is 0 Å². The Hall–Kier alpha value is -1.32. The summed E-state index contributed by atoms with van der Waals surface area (Å²) in [6, 6.07) is 15.0. The van der Waals surface area contributed by atoms with Crippen LogP contribution in [0.1, 0.15) is 12.5 Å². The van der Waals surface area contributed by atoms with E-state index in [1.165, 1.54) is 26.1 Å². The first-order valence-corrected chi connectivity index (χ1v) is 8.18. The SMILES string of the molecule is CCc1cc(Br)ccc1-c1cc2ccc(OC)cc2s1. The Kier molecular flexibility index (Phi) is 3.81. The molecule has 0 radical (unpaired) electrons. The van der Waals surface area contributed by atoms with Gasteiger partial charge in [-0.2, -0.15) is 0 Å². The molecule has 0 saturated carbocycles. The summed E-state index contributed by atoms with van der Waals surface area (Å²) in [6.07, 6.45) is 1.03. The largest absolute Gasteiger partial charge is 0.497 e. The number of halogens is 1. The molecule has 0 aliphatic rings. The Bertz CT molecular complexity index is 761. The summed E-state index contributed by atoms with van der Waals surface area (Å²) in [7, 11) is 1.71. The van der Waals surface area contributed by atoms with E-state index in [0.29, 0.717) is 0 Å². The smallest absolute Gasteiger partial charge is 0.120 e. The lowest BCUT2D eigenvalue weighted by Gasteiger charge is -2.06. The number of thiophene rings is 1. The van der Waals surface area contributed by atoms with E-state index >= 15 is 0 Å². The van der Waals surface area contributed by atoms with Gasteiger partial charge in [0.15, 0.2) is 0 Å². The van der Waals surface area contributed by atoms with Gasteiger partial charge in [0.1, 0.15) is 5.75 Å². The van der Waals surface area contributed by atoms with Crippen LogP contribution in [0.4, 0.5) is 0 Å². The number of hydrogen-bond donors (Lipinski definition) is 0. The van der Waals surface area contributed by atoms with Crippen LogP contribution in [-0.2, 0) is 6.42 Å². The van der Waals surface area contributed by atoms with Crippen LogP contribution in [-0.4, -0.2) is 7.11 Å². The number of benzene rings is 2. The molecule has 1 aromatic heterocycles. The van der Waals surface area contributed by atoms with E-state index < -0.39 is 0 Å². The van der Waals surface area contributed by atoms with Crippen LogP contribution in [0.5, 0.6) is 5.75 Å². The first-order valence-electron chi connectivity index (χ1n) is 6.57. The van der Waals surface area contributed by atoms with Crippen molar-refractivity contribution in [3.63, 3.8) is 0 Å². The summed E-state index contributed by atoms with van der Waals surface area (Å²) in [4.78, 5) is 1.32. The molecule has 3 rings (SSSR count). The third-order valence-corrected chi connectivity index (χ3v) is 5.07. The molecule has 0 unspecified atom stereocenters. The summed E-state index contributed by atoms with van der Waals surface area (Å²) in [5, 5.41) is 1.27. The van der Waals surface area contributed by atoms with Gasteiger partial charge in [0.25, 0.3) is 0 Å². The fraction of sp³-hybridized carbons (Fsp3) is 0.176. The molecule has 102 valence electrons. The molecule has 2 aromatic carbocycles. The number of ether oxygens (including phenoxy) is 1. The lowest BCUT2D eigenvalue weighted by atomic mass is 10.0. The van der Waals surface area contributed by atoms with Gasteiger partial charge in [0.2, 0.25) is 0 Å². The fourth-order valence-corrected chi connectivity index (χ4v) is 3.93. The van der Waals surface area contributed by atoms with Crippen LogP contribution in [0.2, 0.25) is 0 Å². The van der Waals surface area contributed by atoms with Gasteiger partial charge < -0.3 is 4.74 Å². The molecule has 0 aliphatic carbocycles. The van der Waals surface area contributed by atoms with Crippen molar-refractivity contribution in [1.29, 1.82) is 0 Å². The highest BCUT2D eigenvalue weighted by molar-refractivity contribution is 9.10. The fourth-order valence-electron chi connectivity index (χ4n) is 2.37. The number of methoxy groups -OCH3 is 1. The zero-order valence-corrected chi connectivity index (χ0v) is 13.8. The number of fused-ring (bicyclic) bond motifs is 1. The summed E-state index contributed by atoms with van der Waals surface area (Å²) in [5.74, 6) is 0.914. The third-order valence-electron chi connectivity index (χ3n) is 3.44. The van der Waals surface area contributed by atoms with Gasteiger partial charge in [-0.3, -0.25) is 0 Å². The maximum absolute atomic E-state index is 5.30. The Balaban J connectivity index is 2.14. The maximum atomic E-state index is 5.30. The monoisotopic (exact) mass is 346 g/mol. The molecular weight excluding hydrogens is 332 g/mol. The van der Waals surface area contributed by atoms with Crippen molar-refractivity contribution in [2.75, 3.05) is 7.11 Å². The normalized spacial score (nSPS) is 10.9. The maximum Gasteiger partial charge on any atom is 0.120 e. The molecule has 0 N–H and O–H groups in total. The minimum Gasteiger partial charge on any atom is -0.497 e. The van der Waals surface area contributed by atoms with Gasteiger partial charge in [0.05, 0.1) is 7.11 Å². The van der Waals surface area contributed by atoms with Crippen LogP contribution in [0, 0.1) is 0 Å². The second kappa shape index (κ2) is 5.58. The molecule has 0 fully saturated rings. The van der Waals surface area contributed by atoms with E-state index in [2.05, 4.69) is 59.3 Å². The van der Waals surface area contributed by atoms with Gasteiger partial charge in [-0.15, -0.1) is 11.3 Å². The van der Waals surface area contributed by atoms with Crippen molar-refractivity contribution in [2.45, 2.75) is 13.3 Å². The molecule has 1 heterocycles. The number of aryl methyl sites for hydroxylation is 1. The topological polar surface area (TPSA) is 9.23 Å². The molecular formula is C17H15BrOS. The van der Waals surface area contributed by atoms with Crippen LogP contribution in [0.15, 0.2) is 46.9 Å². The molecule has 0 atom stereocenters. The molecule has 0 aliphatic heterocycles. The average molecular weight is 347 g/mol. The lowest BCUT2D eigenvalue weighted by molar-refractivity contribution is 0.415. The van der Waals surface area contributed by atoms with Gasteiger partial charge in [0, 0.05) is 14.0 Å². The van der Waals surface area contributed by atoms with E-state index in [0.717, 1.165) is 16.6 Å². The second-order valence-corrected chi connectivity index (χ2v) is 6.67. The van der Waals surface area contributed by atoms with E-state index in [-0.39, 0.29) is 0 Å². The molecule has 3 heteroatoms. The van der Waals surface area contributed by atoms with E-state index in [1.54, 1.807) is 7.11 Å². The van der Waals surface area contributed by atoms with Crippen LogP contribution >= 0.6 is 27.3 Å². The van der Waals surface area contributed by atoms with Gasteiger partial charge in [-0.05, 0) is 59.3 Å². The highest BCUT2D eigenvalue weighted by Gasteiger charge is 2.09. The molecule has 0 saturated heterocycles. The van der Waals surface area contributed by atoms with Crippen molar-refractivity contribution in [3.05, 3.63) is 52.5 Å². The van der Waals surface area contributed by atoms with E-state index in [4.69, 9.17) is 4.74 Å². The Morgan fingerprint density at radius 2 is 1.95 bits per heavy atom. The van der Waals surface area contributed by atoms with Crippen molar-refractivity contribution in [3.8, 4) is 16.2 Å². The standard InChI is InChI=1S/C17H15BrOS/c1-3-11-8-13(18)5-7-15(11)17-9-12-4-6-14(19-2)10-16(12)20-17/h4-10H,3H2,1-2H3. The van der Waals surface area contributed by atoms with Gasteiger partial charge >= 0.3 is 0 Å². The summed E-state index contributed by atoms with van der Waals surface area (Å²) >= 11 is 5.37. The Morgan fingerprint density at radius 1 is 1.10 bits per heavy atom. The van der Waals surface area contributed by atoms with Crippen LogP contribution in [0.3, 0.4) is 0 Å². The molecule has 0 amide bonds. The molecule has 20 heavy (non-hydrogen) atoms. The van der Waals surface area contributed by atoms with Gasteiger partial charge in [-0.25, -0.2) is 0 Å². The molecule has 1 nitrogen and oxygen atoms in total. The summed E-state index contributed by atoms with van der Waals surface area (Å²) < 4.78 is 7.71. The van der Waals surface area contributed by atoms with Crippen molar-refractivity contribution >= 4 is 37.4 Å². The molecule has 0 spiro atoms. The first kappa shape index (κ1) is 13.7. The Labute approximate surface area is 131 Å². The summed E-state index contributed by atoms with van der Waals surface area (Å²) in [6.45, 7) is 2.20. The number of hydrogen-bond acceptors (Lipinski definition) is 2. The van der Waals surface area contributed by atoms with E-state index in [1.807, 2.05) is 17.4 Å². The minimum atomic E-state index is 0.914. The average Bonchev–Trinajstić information content (AvgIpc) is 2.89. The third kappa shape index (κ3) is 2.48. The van der Waals surface area contributed by atoms with Crippen molar-refractivity contribution < 1.29 is 4.74 Å². The highest BCUT2D eigenvalue weighted by Crippen LogP contribution is 2.37. The summed E-state index contributed by atoms with van der Waals surface area (Å²) in [5.41, 5.74) is 2.70. The second-order valence-electron chi connectivity index (χ2n) is 4.67.